The van der Waals surface area contributed by atoms with Gasteiger partial charge in [0.15, 0.2) is 0 Å². The Labute approximate surface area is 90.3 Å². The third kappa shape index (κ3) is 1.76. The molecule has 0 N–H and O–H groups in total. The summed E-state index contributed by atoms with van der Waals surface area (Å²) >= 11 is 0. The molecule has 1 saturated carbocycles. The maximum Gasteiger partial charge on any atom is 0.136 e. The van der Waals surface area contributed by atoms with Gasteiger partial charge in [0.05, 0.1) is 6.61 Å². The second-order valence-corrected chi connectivity index (χ2v) is 4.04. The molecular weight excluding hydrogens is 188 g/mol. The zero-order chi connectivity index (χ0) is 10.8. The van der Waals surface area contributed by atoms with Gasteiger partial charge in [-0.2, -0.15) is 0 Å². The number of ether oxygens (including phenoxy) is 1. The Bertz CT molecular complexity index is 371. The van der Waals surface area contributed by atoms with Crippen molar-refractivity contribution in [2.45, 2.75) is 26.2 Å². The minimum Gasteiger partial charge on any atom is -0.494 e. The van der Waals surface area contributed by atoms with E-state index in [1.54, 1.807) is 0 Å². The molecule has 0 radical (unpaired) electrons. The van der Waals surface area contributed by atoms with Crippen LogP contribution in [0.15, 0.2) is 24.3 Å². The van der Waals surface area contributed by atoms with Gasteiger partial charge in [-0.15, -0.1) is 0 Å². The molecule has 80 valence electrons. The summed E-state index contributed by atoms with van der Waals surface area (Å²) < 4.78 is 5.57. The van der Waals surface area contributed by atoms with Gasteiger partial charge in [-0.1, -0.05) is 25.1 Å². The molecule has 1 aromatic carbocycles. The minimum absolute atomic E-state index is 0.159. The van der Waals surface area contributed by atoms with Crippen LogP contribution in [0.1, 0.15) is 31.7 Å². The number of hydrogen-bond acceptors (Lipinski definition) is 2. The zero-order valence-corrected chi connectivity index (χ0v) is 9.19. The number of Topliss-reactive ketones (excluding diaryl/α,β-unsaturated/α-hetero) is 1. The number of benzene rings is 1. The second-order valence-electron chi connectivity index (χ2n) is 4.04. The van der Waals surface area contributed by atoms with Crippen molar-refractivity contribution in [2.24, 2.45) is 5.92 Å². The monoisotopic (exact) mass is 204 g/mol. The molecule has 0 aromatic heterocycles. The van der Waals surface area contributed by atoms with E-state index in [4.69, 9.17) is 4.74 Å². The SMILES string of the molecule is CCOc1ccccc1C1CC(=O)C1C. The Kier molecular flexibility index (Phi) is 2.76. The molecule has 0 bridgehead atoms. The minimum atomic E-state index is 0.159. The Morgan fingerprint density at radius 2 is 2.13 bits per heavy atom. The summed E-state index contributed by atoms with van der Waals surface area (Å²) in [6.07, 6.45) is 0.672. The van der Waals surface area contributed by atoms with Crippen molar-refractivity contribution in [2.75, 3.05) is 6.61 Å². The van der Waals surface area contributed by atoms with Crippen molar-refractivity contribution in [1.29, 1.82) is 0 Å². The molecule has 0 heterocycles. The second kappa shape index (κ2) is 4.05. The normalized spacial score (nSPS) is 24.8. The molecule has 15 heavy (non-hydrogen) atoms. The van der Waals surface area contributed by atoms with Crippen LogP contribution in [0.4, 0.5) is 0 Å². The van der Waals surface area contributed by atoms with E-state index in [9.17, 15) is 4.79 Å². The first kappa shape index (κ1) is 10.2. The molecular formula is C13H16O2. The molecule has 0 aliphatic heterocycles. The molecule has 1 aromatic rings. The highest BCUT2D eigenvalue weighted by atomic mass is 16.5. The van der Waals surface area contributed by atoms with E-state index in [1.807, 2.05) is 32.0 Å². The number of carbonyl (C=O) groups excluding carboxylic acids is 1. The lowest BCUT2D eigenvalue weighted by Crippen LogP contribution is -2.33. The largest absolute Gasteiger partial charge is 0.494 e. The van der Waals surface area contributed by atoms with Crippen LogP contribution in [0.3, 0.4) is 0 Å². The fourth-order valence-electron chi connectivity index (χ4n) is 2.10. The van der Waals surface area contributed by atoms with Gasteiger partial charge in [0.2, 0.25) is 0 Å². The molecule has 2 nitrogen and oxygen atoms in total. The molecule has 2 rings (SSSR count). The van der Waals surface area contributed by atoms with Crippen LogP contribution in [0.25, 0.3) is 0 Å². The maximum absolute atomic E-state index is 11.2. The first-order chi connectivity index (χ1) is 7.24. The Balaban J connectivity index is 2.24. The van der Waals surface area contributed by atoms with E-state index in [0.717, 1.165) is 5.75 Å². The smallest absolute Gasteiger partial charge is 0.136 e. The fraction of sp³-hybridized carbons (Fsp3) is 0.462. The number of ketones is 1. The van der Waals surface area contributed by atoms with E-state index in [1.165, 1.54) is 5.56 Å². The van der Waals surface area contributed by atoms with Crippen molar-refractivity contribution >= 4 is 5.78 Å². The first-order valence-electron chi connectivity index (χ1n) is 5.48. The van der Waals surface area contributed by atoms with Crippen molar-refractivity contribution in [3.8, 4) is 5.75 Å². The van der Waals surface area contributed by atoms with Gasteiger partial charge >= 0.3 is 0 Å². The summed E-state index contributed by atoms with van der Waals surface area (Å²) in [5.41, 5.74) is 1.19. The molecule has 0 saturated heterocycles. The predicted molar refractivity (Wildman–Crippen MR) is 59.1 cm³/mol. The summed E-state index contributed by atoms with van der Waals surface area (Å²) in [7, 11) is 0. The number of para-hydroxylation sites is 1. The molecule has 1 aliphatic rings. The van der Waals surface area contributed by atoms with Gasteiger partial charge in [0.25, 0.3) is 0 Å². The zero-order valence-electron chi connectivity index (χ0n) is 9.19. The van der Waals surface area contributed by atoms with Crippen LogP contribution in [-0.4, -0.2) is 12.4 Å². The lowest BCUT2D eigenvalue weighted by atomic mass is 9.70. The lowest BCUT2D eigenvalue weighted by molar-refractivity contribution is -0.130. The van der Waals surface area contributed by atoms with Crippen LogP contribution in [0, 0.1) is 5.92 Å². The van der Waals surface area contributed by atoms with Gasteiger partial charge in [-0.05, 0) is 18.6 Å². The maximum atomic E-state index is 11.2. The molecule has 1 fully saturated rings. The fourth-order valence-corrected chi connectivity index (χ4v) is 2.10. The van der Waals surface area contributed by atoms with E-state index >= 15 is 0 Å². The van der Waals surface area contributed by atoms with Gasteiger partial charge in [-0.3, -0.25) is 4.79 Å². The van der Waals surface area contributed by atoms with Crippen molar-refractivity contribution < 1.29 is 9.53 Å². The third-order valence-electron chi connectivity index (χ3n) is 3.15. The highest BCUT2D eigenvalue weighted by molar-refractivity contribution is 5.89. The van der Waals surface area contributed by atoms with E-state index in [0.29, 0.717) is 24.7 Å². The molecule has 1 aliphatic carbocycles. The summed E-state index contributed by atoms with van der Waals surface area (Å²) in [4.78, 5) is 11.2. The Morgan fingerprint density at radius 3 is 2.73 bits per heavy atom. The van der Waals surface area contributed by atoms with Gasteiger partial charge < -0.3 is 4.74 Å². The summed E-state index contributed by atoms with van der Waals surface area (Å²) in [6, 6.07) is 8.03. The number of rotatable bonds is 3. The Morgan fingerprint density at radius 1 is 1.40 bits per heavy atom. The molecule has 2 heteroatoms. The van der Waals surface area contributed by atoms with Crippen LogP contribution in [-0.2, 0) is 4.79 Å². The van der Waals surface area contributed by atoms with Gasteiger partial charge in [0.1, 0.15) is 11.5 Å². The quantitative estimate of drug-likeness (QED) is 0.756. The average Bonchev–Trinajstić information content (AvgIpc) is 2.27. The Hall–Kier alpha value is -1.31. The van der Waals surface area contributed by atoms with Crippen LogP contribution in [0.5, 0.6) is 5.75 Å². The molecule has 0 spiro atoms. The summed E-state index contributed by atoms with van der Waals surface area (Å²) in [6.45, 7) is 4.65. The van der Waals surface area contributed by atoms with Crippen molar-refractivity contribution in [1.82, 2.24) is 0 Å². The first-order valence-corrected chi connectivity index (χ1v) is 5.48. The van der Waals surface area contributed by atoms with Crippen LogP contribution >= 0.6 is 0 Å². The highest BCUT2D eigenvalue weighted by Crippen LogP contribution is 2.42. The highest BCUT2D eigenvalue weighted by Gasteiger charge is 2.38. The van der Waals surface area contributed by atoms with E-state index in [-0.39, 0.29) is 5.92 Å². The molecule has 2 atom stereocenters. The standard InChI is InChI=1S/C13H16O2/c1-3-15-13-7-5-4-6-10(13)11-8-12(14)9(11)2/h4-7,9,11H,3,8H2,1-2H3. The summed E-state index contributed by atoms with van der Waals surface area (Å²) in [5.74, 6) is 1.82. The lowest BCUT2D eigenvalue weighted by Gasteiger charge is -2.33. The molecule has 2 unspecified atom stereocenters. The van der Waals surface area contributed by atoms with Crippen LogP contribution in [0.2, 0.25) is 0 Å². The summed E-state index contributed by atoms with van der Waals surface area (Å²) in [5, 5.41) is 0. The van der Waals surface area contributed by atoms with Crippen LogP contribution < -0.4 is 4.74 Å². The predicted octanol–water partition coefficient (Wildman–Crippen LogP) is 2.78. The van der Waals surface area contributed by atoms with Gasteiger partial charge in [0, 0.05) is 18.3 Å². The number of hydrogen-bond donors (Lipinski definition) is 0. The van der Waals surface area contributed by atoms with E-state index in [2.05, 4.69) is 6.07 Å². The van der Waals surface area contributed by atoms with E-state index < -0.39 is 0 Å². The van der Waals surface area contributed by atoms with Crippen molar-refractivity contribution in [3.63, 3.8) is 0 Å². The third-order valence-corrected chi connectivity index (χ3v) is 3.15. The average molecular weight is 204 g/mol. The van der Waals surface area contributed by atoms with Crippen molar-refractivity contribution in [3.05, 3.63) is 29.8 Å². The van der Waals surface area contributed by atoms with Gasteiger partial charge in [-0.25, -0.2) is 0 Å². The molecule has 0 amide bonds. The number of carbonyl (C=O) groups is 1. The topological polar surface area (TPSA) is 26.3 Å².